The van der Waals surface area contributed by atoms with Gasteiger partial charge in [-0.1, -0.05) is 50.6 Å². The zero-order valence-corrected chi connectivity index (χ0v) is 20.5. The zero-order chi connectivity index (χ0) is 22.9. The predicted octanol–water partition coefficient (Wildman–Crippen LogP) is 6.06. The van der Waals surface area contributed by atoms with Gasteiger partial charge in [0.2, 0.25) is 0 Å². The van der Waals surface area contributed by atoms with Gasteiger partial charge in [-0.15, -0.1) is 5.06 Å². The highest BCUT2D eigenvalue weighted by Crippen LogP contribution is 2.49. The fourth-order valence-corrected chi connectivity index (χ4v) is 4.93. The third-order valence-corrected chi connectivity index (χ3v) is 6.61. The van der Waals surface area contributed by atoms with E-state index in [0.717, 1.165) is 49.8 Å². The van der Waals surface area contributed by atoms with Gasteiger partial charge in [0.1, 0.15) is 11.3 Å². The summed E-state index contributed by atoms with van der Waals surface area (Å²) in [6, 6.07) is 10.4. The van der Waals surface area contributed by atoms with Crippen molar-refractivity contribution in [2.45, 2.75) is 116 Å². The molecule has 0 aromatic heterocycles. The average Bonchev–Trinajstić information content (AvgIpc) is 2.97. The number of aliphatic imine (C=N–C) groups is 1. The van der Waals surface area contributed by atoms with Crippen LogP contribution in [0, 0.1) is 0 Å². The Bertz CT molecular complexity index is 798. The third kappa shape index (κ3) is 4.58. The van der Waals surface area contributed by atoms with Crippen LogP contribution in [0.4, 0.5) is 0 Å². The first-order valence-corrected chi connectivity index (χ1v) is 11.9. The van der Waals surface area contributed by atoms with Crippen molar-refractivity contribution < 1.29 is 14.4 Å². The Morgan fingerprint density at radius 3 is 2.10 bits per heavy atom. The number of benzene rings is 1. The first-order chi connectivity index (χ1) is 14.5. The molecular weight excluding hydrogens is 388 g/mol. The molecule has 1 aromatic rings. The first-order valence-electron chi connectivity index (χ1n) is 11.9. The second-order valence-corrected chi connectivity index (χ2v) is 10.5. The van der Waals surface area contributed by atoms with E-state index in [-0.39, 0.29) is 5.97 Å². The largest absolute Gasteiger partial charge is 0.458 e. The lowest BCUT2D eigenvalue weighted by molar-refractivity contribution is -0.311. The number of carbonyl (C=O) groups is 1. The molecule has 31 heavy (non-hydrogen) atoms. The Morgan fingerprint density at radius 1 is 1.00 bits per heavy atom. The second kappa shape index (κ2) is 8.67. The fourth-order valence-electron chi connectivity index (χ4n) is 4.93. The minimum Gasteiger partial charge on any atom is -0.458 e. The molecule has 1 aliphatic heterocycles. The maximum Gasteiger partial charge on any atom is 0.340 e. The van der Waals surface area contributed by atoms with E-state index < -0.39 is 22.4 Å². The van der Waals surface area contributed by atoms with Crippen molar-refractivity contribution in [2.75, 3.05) is 0 Å². The summed E-state index contributed by atoms with van der Waals surface area (Å²) >= 11 is 0. The summed E-state index contributed by atoms with van der Waals surface area (Å²) in [6.45, 7) is 13.7. The normalized spacial score (nSPS) is 21.2. The van der Waals surface area contributed by atoms with Gasteiger partial charge in [-0.3, -0.25) is 9.83 Å². The van der Waals surface area contributed by atoms with E-state index in [1.165, 1.54) is 6.42 Å². The molecule has 1 heterocycles. The van der Waals surface area contributed by atoms with E-state index in [9.17, 15) is 4.79 Å². The van der Waals surface area contributed by atoms with Gasteiger partial charge >= 0.3 is 5.97 Å². The minimum atomic E-state index is -1.12. The van der Waals surface area contributed by atoms with Gasteiger partial charge in [0.25, 0.3) is 0 Å². The van der Waals surface area contributed by atoms with E-state index in [4.69, 9.17) is 14.6 Å². The highest BCUT2D eigenvalue weighted by molar-refractivity contribution is 6.08. The SMILES string of the molecule is CCC1(CC)C(c2ccccc2)=NC2(CCCCC2)N1OC(C)(C)C(=O)OC(C)(C)C. The fraction of sp³-hybridized carbons (Fsp3) is 0.692. The minimum absolute atomic E-state index is 0.347. The van der Waals surface area contributed by atoms with Crippen molar-refractivity contribution in [3.63, 3.8) is 0 Å². The summed E-state index contributed by atoms with van der Waals surface area (Å²) in [5, 5.41) is 2.12. The maximum absolute atomic E-state index is 13.1. The van der Waals surface area contributed by atoms with E-state index in [2.05, 4.69) is 43.2 Å². The Morgan fingerprint density at radius 2 is 1.58 bits per heavy atom. The molecule has 0 radical (unpaired) electrons. The molecule has 1 fully saturated rings. The average molecular weight is 429 g/mol. The van der Waals surface area contributed by atoms with Crippen LogP contribution in [-0.4, -0.2) is 39.1 Å². The monoisotopic (exact) mass is 428 g/mol. The van der Waals surface area contributed by atoms with Crippen molar-refractivity contribution >= 4 is 11.7 Å². The Balaban J connectivity index is 2.06. The summed E-state index contributed by atoms with van der Waals surface area (Å²) in [6.07, 6.45) is 7.02. The molecule has 5 nitrogen and oxygen atoms in total. The number of esters is 1. The van der Waals surface area contributed by atoms with Crippen LogP contribution in [-0.2, 0) is 14.4 Å². The van der Waals surface area contributed by atoms with Crippen LogP contribution in [0.1, 0.15) is 99.0 Å². The summed E-state index contributed by atoms with van der Waals surface area (Å²) in [4.78, 5) is 25.2. The summed E-state index contributed by atoms with van der Waals surface area (Å²) < 4.78 is 5.71. The van der Waals surface area contributed by atoms with Crippen LogP contribution in [0.3, 0.4) is 0 Å². The lowest BCUT2D eigenvalue weighted by atomic mass is 9.82. The van der Waals surface area contributed by atoms with Crippen molar-refractivity contribution in [2.24, 2.45) is 4.99 Å². The van der Waals surface area contributed by atoms with Gasteiger partial charge in [-0.05, 0) is 78.7 Å². The van der Waals surface area contributed by atoms with Crippen LogP contribution in [0.2, 0.25) is 0 Å². The molecule has 0 unspecified atom stereocenters. The van der Waals surface area contributed by atoms with Gasteiger partial charge in [0.05, 0.1) is 11.3 Å². The van der Waals surface area contributed by atoms with Crippen LogP contribution in [0.25, 0.3) is 0 Å². The molecule has 0 bridgehead atoms. The number of nitrogens with zero attached hydrogens (tertiary/aromatic N) is 2. The lowest BCUT2D eigenvalue weighted by Crippen LogP contribution is -2.61. The van der Waals surface area contributed by atoms with E-state index >= 15 is 0 Å². The topological polar surface area (TPSA) is 51.1 Å². The highest BCUT2D eigenvalue weighted by Gasteiger charge is 2.59. The molecule has 0 atom stereocenters. The molecule has 0 amide bonds. The van der Waals surface area contributed by atoms with Gasteiger partial charge in [-0.25, -0.2) is 4.79 Å². The molecule has 0 saturated heterocycles. The van der Waals surface area contributed by atoms with Gasteiger partial charge in [0.15, 0.2) is 5.60 Å². The number of rotatable bonds is 6. The molecular formula is C26H40N2O3. The van der Waals surface area contributed by atoms with E-state index in [1.54, 1.807) is 0 Å². The number of hydrogen-bond acceptors (Lipinski definition) is 5. The Hall–Kier alpha value is -1.72. The van der Waals surface area contributed by atoms with Gasteiger partial charge in [-0.2, -0.15) is 0 Å². The van der Waals surface area contributed by atoms with Gasteiger partial charge < -0.3 is 4.74 Å². The molecule has 0 N–H and O–H groups in total. The maximum atomic E-state index is 13.1. The molecule has 1 spiro atoms. The second-order valence-electron chi connectivity index (χ2n) is 10.5. The molecule has 172 valence electrons. The summed E-state index contributed by atoms with van der Waals surface area (Å²) in [5.41, 5.74) is -0.289. The van der Waals surface area contributed by atoms with E-state index in [0.29, 0.717) is 0 Å². The van der Waals surface area contributed by atoms with Crippen LogP contribution >= 0.6 is 0 Å². The lowest BCUT2D eigenvalue weighted by Gasteiger charge is -2.48. The van der Waals surface area contributed by atoms with Crippen LogP contribution in [0.15, 0.2) is 35.3 Å². The van der Waals surface area contributed by atoms with Crippen molar-refractivity contribution in [3.05, 3.63) is 35.9 Å². The molecule has 3 rings (SSSR count). The smallest absolute Gasteiger partial charge is 0.340 e. The van der Waals surface area contributed by atoms with Gasteiger partial charge in [0, 0.05) is 0 Å². The number of hydrogen-bond donors (Lipinski definition) is 0. The quantitative estimate of drug-likeness (QED) is 0.517. The molecule has 2 aliphatic rings. The standard InChI is InChI=1S/C26H40N2O3/c1-8-25(9-2)21(20-16-12-10-13-17-20)27-26(18-14-11-15-19-26)28(25)31-24(6,7)22(29)30-23(3,4)5/h10,12-13,16-17H,8-9,11,14-15,18-19H2,1-7H3. The summed E-state index contributed by atoms with van der Waals surface area (Å²) in [7, 11) is 0. The molecule has 1 saturated carbocycles. The predicted molar refractivity (Wildman–Crippen MR) is 125 cm³/mol. The number of hydroxylamine groups is 2. The molecule has 5 heteroatoms. The third-order valence-electron chi connectivity index (χ3n) is 6.61. The Kier molecular flexibility index (Phi) is 6.69. The van der Waals surface area contributed by atoms with Crippen LogP contribution in [0.5, 0.6) is 0 Å². The highest BCUT2D eigenvalue weighted by atomic mass is 16.7. The molecule has 1 aromatic carbocycles. The van der Waals surface area contributed by atoms with Crippen molar-refractivity contribution in [1.82, 2.24) is 5.06 Å². The summed E-state index contributed by atoms with van der Waals surface area (Å²) in [5.74, 6) is -0.347. The molecule has 1 aliphatic carbocycles. The number of carbonyl (C=O) groups excluding carboxylic acids is 1. The number of ether oxygens (including phenoxy) is 1. The first kappa shape index (κ1) is 23.9. The van der Waals surface area contributed by atoms with Crippen LogP contribution < -0.4 is 0 Å². The van der Waals surface area contributed by atoms with E-state index in [1.807, 2.05) is 40.7 Å². The Labute approximate surface area is 188 Å². The van der Waals surface area contributed by atoms with Crippen molar-refractivity contribution in [1.29, 1.82) is 0 Å². The zero-order valence-electron chi connectivity index (χ0n) is 20.5. The van der Waals surface area contributed by atoms with Crippen molar-refractivity contribution in [3.8, 4) is 0 Å².